The van der Waals surface area contributed by atoms with E-state index in [1.165, 1.54) is 26.4 Å². The van der Waals surface area contributed by atoms with E-state index in [4.69, 9.17) is 26.2 Å². The molecule has 0 spiro atoms. The molecule has 39 heavy (non-hydrogen) atoms. The standard InChI is InChI=1S/C24H21ClF3N7O4/c1-38-18-5-3-4-14(21(18)39-2)15-8-12(11-34-32-19(29-33-34)10-20(36)37)22-30-31-23(24(26,27)28)35(22)17-7-6-13(25)9-16(15)17/h3-7,9,12,15H,8,10-11H2,1-2H3,(H,36,37). The number of aliphatic carboxylic acids is 1. The second kappa shape index (κ2) is 10.2. The number of carboxylic acids is 1. The van der Waals surface area contributed by atoms with Crippen LogP contribution in [0.25, 0.3) is 5.69 Å². The molecule has 0 fully saturated rings. The van der Waals surface area contributed by atoms with Gasteiger partial charge in [-0.15, -0.1) is 20.4 Å². The predicted octanol–water partition coefficient (Wildman–Crippen LogP) is 3.89. The van der Waals surface area contributed by atoms with Crippen LogP contribution in [0.5, 0.6) is 11.5 Å². The zero-order chi connectivity index (χ0) is 27.9. The number of benzene rings is 2. The van der Waals surface area contributed by atoms with Crippen molar-refractivity contribution in [3.63, 3.8) is 0 Å². The molecule has 204 valence electrons. The largest absolute Gasteiger partial charge is 0.493 e. The molecule has 0 saturated heterocycles. The van der Waals surface area contributed by atoms with Crippen LogP contribution in [-0.4, -0.2) is 60.3 Å². The number of halogens is 4. The smallest absolute Gasteiger partial charge is 0.452 e. The Labute approximate surface area is 224 Å². The molecule has 11 nitrogen and oxygen atoms in total. The first kappa shape index (κ1) is 26.4. The van der Waals surface area contributed by atoms with Crippen LogP contribution in [0.3, 0.4) is 0 Å². The summed E-state index contributed by atoms with van der Waals surface area (Å²) in [6, 6.07) is 9.91. The van der Waals surface area contributed by atoms with Gasteiger partial charge < -0.3 is 14.6 Å². The minimum Gasteiger partial charge on any atom is -0.493 e. The van der Waals surface area contributed by atoms with E-state index in [0.29, 0.717) is 27.6 Å². The third-order valence-corrected chi connectivity index (χ3v) is 6.66. The molecule has 2 aromatic carbocycles. The average Bonchev–Trinajstić information content (AvgIpc) is 3.50. The number of hydrogen-bond donors (Lipinski definition) is 1. The third kappa shape index (κ3) is 4.99. The van der Waals surface area contributed by atoms with Crippen LogP contribution in [0.2, 0.25) is 5.02 Å². The maximum Gasteiger partial charge on any atom is 0.452 e. The Balaban J connectivity index is 1.72. The minimum atomic E-state index is -4.81. The number of carboxylic acid groups (broad SMARTS) is 1. The second-order valence-electron chi connectivity index (χ2n) is 8.82. The lowest BCUT2D eigenvalue weighted by atomic mass is 9.83. The zero-order valence-electron chi connectivity index (χ0n) is 20.6. The lowest BCUT2D eigenvalue weighted by Crippen LogP contribution is -2.19. The number of para-hydroxylation sites is 1. The summed E-state index contributed by atoms with van der Waals surface area (Å²) in [5.41, 5.74) is 1.37. The molecule has 1 aliphatic rings. The number of carbonyl (C=O) groups is 1. The molecule has 4 aromatic rings. The summed E-state index contributed by atoms with van der Waals surface area (Å²) in [6.45, 7) is -0.0485. The van der Waals surface area contributed by atoms with Gasteiger partial charge in [0.25, 0.3) is 0 Å². The second-order valence-corrected chi connectivity index (χ2v) is 9.25. The maximum absolute atomic E-state index is 14.1. The van der Waals surface area contributed by atoms with Gasteiger partial charge in [-0.2, -0.15) is 18.0 Å². The molecular formula is C24H21ClF3N7O4. The van der Waals surface area contributed by atoms with E-state index < -0.39 is 36.2 Å². The minimum absolute atomic E-state index is 0.0327. The van der Waals surface area contributed by atoms with E-state index >= 15 is 0 Å². The van der Waals surface area contributed by atoms with Gasteiger partial charge in [-0.25, -0.2) is 0 Å². The summed E-state index contributed by atoms with van der Waals surface area (Å²) in [7, 11) is 2.97. The maximum atomic E-state index is 14.1. The van der Waals surface area contributed by atoms with Gasteiger partial charge in [-0.3, -0.25) is 9.36 Å². The average molecular weight is 564 g/mol. The van der Waals surface area contributed by atoms with Crippen LogP contribution in [-0.2, 0) is 23.9 Å². The van der Waals surface area contributed by atoms with E-state index in [2.05, 4.69) is 25.6 Å². The Kier molecular flexibility index (Phi) is 6.89. The summed E-state index contributed by atoms with van der Waals surface area (Å²) in [5.74, 6) is -2.70. The topological polar surface area (TPSA) is 130 Å². The molecular weight excluding hydrogens is 543 g/mol. The van der Waals surface area contributed by atoms with Gasteiger partial charge in [-0.05, 0) is 41.5 Å². The molecule has 2 unspecified atom stereocenters. The lowest BCUT2D eigenvalue weighted by molar-refractivity contribution is -0.146. The molecule has 3 heterocycles. The number of hydrogen-bond acceptors (Lipinski definition) is 8. The molecule has 0 bridgehead atoms. The molecule has 0 aliphatic carbocycles. The van der Waals surface area contributed by atoms with Crippen molar-refractivity contribution in [1.29, 1.82) is 0 Å². The van der Waals surface area contributed by atoms with Gasteiger partial charge in [0, 0.05) is 22.4 Å². The van der Waals surface area contributed by atoms with E-state index in [0.717, 1.165) is 9.36 Å². The first-order valence-corrected chi connectivity index (χ1v) is 12.0. The third-order valence-electron chi connectivity index (χ3n) is 6.43. The van der Waals surface area contributed by atoms with Crippen molar-refractivity contribution >= 4 is 17.6 Å². The first-order valence-electron chi connectivity index (χ1n) is 11.6. The Morgan fingerprint density at radius 1 is 1.13 bits per heavy atom. The van der Waals surface area contributed by atoms with E-state index in [1.54, 1.807) is 18.2 Å². The van der Waals surface area contributed by atoms with Gasteiger partial charge in [0.15, 0.2) is 17.3 Å². The molecule has 0 amide bonds. The molecule has 0 radical (unpaired) electrons. The highest BCUT2D eigenvalue weighted by molar-refractivity contribution is 6.30. The van der Waals surface area contributed by atoms with Crippen molar-refractivity contribution in [2.24, 2.45) is 0 Å². The van der Waals surface area contributed by atoms with Crippen LogP contribution in [0.4, 0.5) is 13.2 Å². The number of ether oxygens (including phenoxy) is 2. The zero-order valence-corrected chi connectivity index (χ0v) is 21.3. The fourth-order valence-corrected chi connectivity index (χ4v) is 5.08. The Hall–Kier alpha value is -4.20. The van der Waals surface area contributed by atoms with Gasteiger partial charge in [0.2, 0.25) is 5.82 Å². The normalized spacial score (nSPS) is 16.8. The monoisotopic (exact) mass is 563 g/mol. The van der Waals surface area contributed by atoms with Gasteiger partial charge >= 0.3 is 12.1 Å². The molecule has 0 saturated carbocycles. The van der Waals surface area contributed by atoms with Crippen molar-refractivity contribution in [3.8, 4) is 17.2 Å². The molecule has 2 atom stereocenters. The van der Waals surface area contributed by atoms with Gasteiger partial charge in [0.05, 0.1) is 26.5 Å². The highest BCUT2D eigenvalue weighted by Crippen LogP contribution is 2.48. The summed E-state index contributed by atoms with van der Waals surface area (Å²) in [4.78, 5) is 12.2. The molecule has 1 aliphatic heterocycles. The summed E-state index contributed by atoms with van der Waals surface area (Å²) in [5, 5.41) is 28.6. The Morgan fingerprint density at radius 2 is 1.92 bits per heavy atom. The number of rotatable bonds is 7. The van der Waals surface area contributed by atoms with Crippen molar-refractivity contribution in [3.05, 3.63) is 70.0 Å². The number of alkyl halides is 3. The first-order chi connectivity index (χ1) is 18.6. The number of methoxy groups -OCH3 is 2. The lowest BCUT2D eigenvalue weighted by Gasteiger charge is -2.24. The van der Waals surface area contributed by atoms with E-state index in [-0.39, 0.29) is 30.3 Å². The van der Waals surface area contributed by atoms with Crippen LogP contribution < -0.4 is 9.47 Å². The van der Waals surface area contributed by atoms with Gasteiger partial charge in [0.1, 0.15) is 12.2 Å². The van der Waals surface area contributed by atoms with Crippen LogP contribution in [0.1, 0.15) is 46.9 Å². The summed E-state index contributed by atoms with van der Waals surface area (Å²) >= 11 is 6.36. The molecule has 1 N–H and O–H groups in total. The van der Waals surface area contributed by atoms with Crippen LogP contribution >= 0.6 is 11.6 Å². The molecule has 15 heteroatoms. The molecule has 5 rings (SSSR count). The van der Waals surface area contributed by atoms with Crippen molar-refractivity contribution < 1.29 is 32.5 Å². The number of fused-ring (bicyclic) bond motifs is 3. The van der Waals surface area contributed by atoms with Crippen LogP contribution in [0, 0.1) is 0 Å². The predicted molar refractivity (Wildman–Crippen MR) is 129 cm³/mol. The SMILES string of the molecule is COc1cccc(C2CC(Cn3nnc(CC(=O)O)n3)c3nnc(C(F)(F)F)n3-c3ccc(Cl)cc32)c1OC. The highest BCUT2D eigenvalue weighted by Gasteiger charge is 2.43. The van der Waals surface area contributed by atoms with E-state index in [1.807, 2.05) is 6.07 Å². The highest BCUT2D eigenvalue weighted by atomic mass is 35.5. The Bertz CT molecular complexity index is 1540. The van der Waals surface area contributed by atoms with Crippen molar-refractivity contribution in [1.82, 2.24) is 35.0 Å². The fraction of sp³-hybridized carbons (Fsp3) is 0.333. The van der Waals surface area contributed by atoms with E-state index in [9.17, 15) is 18.0 Å². The number of nitrogens with zero attached hydrogens (tertiary/aromatic N) is 7. The number of tetrazole rings is 1. The molecule has 2 aromatic heterocycles. The summed E-state index contributed by atoms with van der Waals surface area (Å²) < 4.78 is 54.6. The van der Waals surface area contributed by atoms with Crippen LogP contribution in [0.15, 0.2) is 36.4 Å². The van der Waals surface area contributed by atoms with Gasteiger partial charge in [-0.1, -0.05) is 23.7 Å². The quantitative estimate of drug-likeness (QED) is 0.356. The Morgan fingerprint density at radius 3 is 2.62 bits per heavy atom. The van der Waals surface area contributed by atoms with Crippen molar-refractivity contribution in [2.75, 3.05) is 14.2 Å². The fourth-order valence-electron chi connectivity index (χ4n) is 4.90. The summed E-state index contributed by atoms with van der Waals surface area (Å²) in [6.07, 6.45) is -5.03. The van der Waals surface area contributed by atoms with Crippen molar-refractivity contribution in [2.45, 2.75) is 37.4 Å². The number of aromatic nitrogens is 7.